The van der Waals surface area contributed by atoms with E-state index in [1.54, 1.807) is 0 Å². The molecule has 0 saturated heterocycles. The number of hydrogen-bond donors (Lipinski definition) is 0. The summed E-state index contributed by atoms with van der Waals surface area (Å²) < 4.78 is 77.1. The fourth-order valence-corrected chi connectivity index (χ4v) is 0. The van der Waals surface area contributed by atoms with Gasteiger partial charge in [0.25, 0.3) is 0 Å². The third kappa shape index (κ3) is 695. The van der Waals surface area contributed by atoms with Gasteiger partial charge in [0.1, 0.15) is 0 Å². The van der Waals surface area contributed by atoms with E-state index < -0.39 is 46.2 Å². The molecule has 0 aromatic carbocycles. The fourth-order valence-electron chi connectivity index (χ4n) is 0. The van der Waals surface area contributed by atoms with Crippen LogP contribution in [0, 0.1) is 35.6 Å². The van der Waals surface area contributed by atoms with E-state index in [4.69, 9.17) is 34.1 Å². The van der Waals surface area contributed by atoms with Crippen molar-refractivity contribution in [1.82, 2.24) is 0 Å². The third-order valence-corrected chi connectivity index (χ3v) is 0. The first-order chi connectivity index (χ1) is 5.20. The van der Waals surface area contributed by atoms with Crippen LogP contribution >= 0.6 is 0 Å². The molecule has 0 spiro atoms. The number of hydrogen-bond acceptors (Lipinski definition) is 9. The summed E-state index contributed by atoms with van der Waals surface area (Å²) in [5.74, 6) is 0. The van der Waals surface area contributed by atoms with Gasteiger partial charge in [0.15, 0.2) is 0 Å². The normalized spacial score (nSPS) is 5.77. The first-order valence-corrected chi connectivity index (χ1v) is 6.77. The second-order valence-corrected chi connectivity index (χ2v) is 2.77. The Bertz CT molecular complexity index is 208. The van der Waals surface area contributed by atoms with Gasteiger partial charge in [0, 0.05) is 0 Å². The molecule has 0 radical (unpaired) electrons. The van der Waals surface area contributed by atoms with Crippen LogP contribution in [0.1, 0.15) is 0 Å². The molecule has 0 aliphatic carbocycles. The van der Waals surface area contributed by atoms with Gasteiger partial charge in [0.05, 0.1) is 0 Å². The summed E-state index contributed by atoms with van der Waals surface area (Å²) in [6.07, 6.45) is 0. The van der Waals surface area contributed by atoms with Crippen LogP contribution in [-0.4, -0.2) is 0 Å². The van der Waals surface area contributed by atoms with Crippen molar-refractivity contribution >= 4 is 0 Å². The summed E-state index contributed by atoms with van der Waals surface area (Å²) >= 11 is -11.8. The van der Waals surface area contributed by atoms with E-state index in [-0.39, 0.29) is 35.6 Å². The molecule has 0 unspecified atom stereocenters. The van der Waals surface area contributed by atoms with Gasteiger partial charge in [-0.05, 0) is 0 Å². The quantitative estimate of drug-likeness (QED) is 0.365. The second kappa shape index (κ2) is 19.2. The predicted molar refractivity (Wildman–Crippen MR) is 4.12 cm³/mol. The molecular formula is LaO9V3. The predicted octanol–water partition coefficient (Wildman–Crippen LogP) is -4.29. The zero-order chi connectivity index (χ0) is 10.7. The Balaban J connectivity index is -0.0000000450. The van der Waals surface area contributed by atoms with Gasteiger partial charge < -0.3 is 0 Å². The van der Waals surface area contributed by atoms with Crippen LogP contribution in [0.2, 0.25) is 0 Å². The van der Waals surface area contributed by atoms with Crippen LogP contribution in [0.3, 0.4) is 0 Å². The minimum atomic E-state index is -3.94. The van der Waals surface area contributed by atoms with E-state index in [9.17, 15) is 0 Å². The van der Waals surface area contributed by atoms with Crippen LogP contribution in [0.25, 0.3) is 0 Å². The summed E-state index contributed by atoms with van der Waals surface area (Å²) in [4.78, 5) is 0. The molecule has 13 heavy (non-hydrogen) atoms. The Morgan fingerprint density at radius 3 is 0.538 bits per heavy atom. The summed E-state index contributed by atoms with van der Waals surface area (Å²) in [7, 11) is 0. The molecule has 0 fully saturated rings. The summed E-state index contributed by atoms with van der Waals surface area (Å²) in [5, 5.41) is 0. The molecule has 0 aromatic heterocycles. The standard InChI is InChI=1S/La.9O.3V/q+3;;;;;;;3*-1;;;. The monoisotopic (exact) mass is 436 g/mol. The van der Waals surface area contributed by atoms with Gasteiger partial charge in [-0.3, -0.25) is 0 Å². The summed E-state index contributed by atoms with van der Waals surface area (Å²) in [6, 6.07) is 0. The molecule has 0 aliphatic rings. The van der Waals surface area contributed by atoms with Crippen molar-refractivity contribution in [3.05, 3.63) is 0 Å². The van der Waals surface area contributed by atoms with Gasteiger partial charge in [-0.15, -0.1) is 0 Å². The van der Waals surface area contributed by atoms with Crippen LogP contribution < -0.4 is 12.1 Å². The zero-order valence-electron chi connectivity index (χ0n) is 5.59. The van der Waals surface area contributed by atoms with Gasteiger partial charge in [0.2, 0.25) is 0 Å². The molecular weight excluding hydrogens is 436 g/mol. The summed E-state index contributed by atoms with van der Waals surface area (Å²) in [5.41, 5.74) is 0. The molecule has 0 bridgehead atoms. The van der Waals surface area contributed by atoms with E-state index in [1.807, 2.05) is 0 Å². The topological polar surface area (TPSA) is 172 Å². The van der Waals surface area contributed by atoms with E-state index >= 15 is 0 Å². The Kier molecular flexibility index (Phi) is 35.6. The first kappa shape index (κ1) is 24.1. The molecule has 0 saturated carbocycles. The van der Waals surface area contributed by atoms with Crippen molar-refractivity contribution in [2.24, 2.45) is 0 Å². The minimum absolute atomic E-state index is 0. The Morgan fingerprint density at radius 1 is 0.538 bits per heavy atom. The average molecular weight is 436 g/mol. The van der Waals surface area contributed by atoms with Crippen molar-refractivity contribution < 1.29 is 116 Å². The van der Waals surface area contributed by atoms with Crippen LogP contribution in [0.4, 0.5) is 0 Å². The SMILES string of the molecule is [La+3].[O]=[V](=[O])[O-].[O]=[V](=[O])[O-].[O]=[V](=[O])[O-]. The third-order valence-electron chi connectivity index (χ3n) is 0. The Morgan fingerprint density at radius 2 is 0.538 bits per heavy atom. The van der Waals surface area contributed by atoms with Crippen molar-refractivity contribution in [3.63, 3.8) is 0 Å². The molecule has 0 aromatic rings. The van der Waals surface area contributed by atoms with Crippen molar-refractivity contribution in [2.75, 3.05) is 0 Å². The van der Waals surface area contributed by atoms with E-state index in [1.165, 1.54) is 0 Å². The van der Waals surface area contributed by atoms with Crippen molar-refractivity contribution in [3.8, 4) is 0 Å². The second-order valence-electron chi connectivity index (χ2n) is 0.671. The maximum absolute atomic E-state index is 8.56. The Hall–Kier alpha value is 1.63. The van der Waals surface area contributed by atoms with Gasteiger partial charge in [-0.25, -0.2) is 0 Å². The van der Waals surface area contributed by atoms with E-state index in [2.05, 4.69) is 0 Å². The summed E-state index contributed by atoms with van der Waals surface area (Å²) in [6.45, 7) is 0. The number of rotatable bonds is 0. The van der Waals surface area contributed by atoms with Gasteiger partial charge in [-0.2, -0.15) is 0 Å². The van der Waals surface area contributed by atoms with Gasteiger partial charge in [-0.1, -0.05) is 0 Å². The molecule has 13 heteroatoms. The first-order valence-electron chi connectivity index (χ1n) is 1.64. The van der Waals surface area contributed by atoms with Gasteiger partial charge >= 0.3 is 116 Å². The maximum atomic E-state index is 8.56. The van der Waals surface area contributed by atoms with Crippen LogP contribution in [0.5, 0.6) is 0 Å². The van der Waals surface area contributed by atoms with Crippen LogP contribution in [-0.2, 0) is 68.2 Å². The average Bonchev–Trinajstić information content (AvgIpc) is 1.54. The van der Waals surface area contributed by atoms with E-state index in [0.717, 1.165) is 0 Å². The van der Waals surface area contributed by atoms with Crippen molar-refractivity contribution in [1.29, 1.82) is 0 Å². The molecule has 0 rings (SSSR count). The zero-order valence-corrected chi connectivity index (χ0v) is 13.4. The fraction of sp³-hybridized carbons (Fsp3) is 0. The molecule has 72 valence electrons. The molecule has 9 nitrogen and oxygen atoms in total. The van der Waals surface area contributed by atoms with Crippen molar-refractivity contribution in [2.45, 2.75) is 0 Å². The molecule has 0 atom stereocenters. The van der Waals surface area contributed by atoms with Crippen LogP contribution in [0.15, 0.2) is 0 Å². The Labute approximate surface area is 114 Å². The van der Waals surface area contributed by atoms with E-state index in [0.29, 0.717) is 0 Å². The molecule has 0 N–H and O–H groups in total. The molecule has 0 heterocycles. The molecule has 0 aliphatic heterocycles. The molecule has 0 amide bonds.